The molecule has 7 nitrogen and oxygen atoms in total. The zero-order valence-electron chi connectivity index (χ0n) is 19.7. The standard InChI is InChI=1S/C28H26ClN5O2/c29-24-10-4-9-22(17-24)19-30-28-32-25-18-23(11-12-26(25)36-28)27(35)33(20-21-7-2-1-3-8-21)14-6-16-34-15-5-13-31-34/h1-5,7-13,15,17-18H,6,14,16,19-20H2,(H,30,32). The Hall–Kier alpha value is -4.10. The van der Waals surface area contributed by atoms with Crippen molar-refractivity contribution < 1.29 is 9.21 Å². The van der Waals surface area contributed by atoms with E-state index in [1.807, 2.05) is 76.4 Å². The quantitative estimate of drug-likeness (QED) is 0.254. The topological polar surface area (TPSA) is 76.2 Å². The third kappa shape index (κ3) is 5.93. The molecule has 8 heteroatoms. The van der Waals surface area contributed by atoms with Crippen molar-refractivity contribution in [2.45, 2.75) is 26.1 Å². The summed E-state index contributed by atoms with van der Waals surface area (Å²) >= 11 is 6.06. The number of hydrogen-bond donors (Lipinski definition) is 1. The summed E-state index contributed by atoms with van der Waals surface area (Å²) < 4.78 is 7.71. The lowest BCUT2D eigenvalue weighted by Crippen LogP contribution is -2.32. The smallest absolute Gasteiger partial charge is 0.295 e. The molecule has 5 rings (SSSR count). The predicted molar refractivity (Wildman–Crippen MR) is 141 cm³/mol. The summed E-state index contributed by atoms with van der Waals surface area (Å²) in [4.78, 5) is 20.0. The van der Waals surface area contributed by atoms with Crippen molar-refractivity contribution in [2.75, 3.05) is 11.9 Å². The Bertz CT molecular complexity index is 1430. The first-order valence-corrected chi connectivity index (χ1v) is 12.2. The van der Waals surface area contributed by atoms with Crippen LogP contribution in [0.15, 0.2) is 95.7 Å². The van der Waals surface area contributed by atoms with E-state index in [0.29, 0.717) is 47.3 Å². The van der Waals surface area contributed by atoms with Crippen LogP contribution < -0.4 is 5.32 Å². The third-order valence-electron chi connectivity index (χ3n) is 5.85. The number of carbonyl (C=O) groups is 1. The van der Waals surface area contributed by atoms with Crippen LogP contribution in [-0.2, 0) is 19.6 Å². The number of rotatable bonds is 10. The first kappa shape index (κ1) is 23.6. The number of benzene rings is 3. The molecule has 0 unspecified atom stereocenters. The second kappa shape index (κ2) is 11.1. The van der Waals surface area contributed by atoms with E-state index < -0.39 is 0 Å². The van der Waals surface area contributed by atoms with Gasteiger partial charge >= 0.3 is 0 Å². The molecule has 0 saturated heterocycles. The van der Waals surface area contributed by atoms with Gasteiger partial charge in [0.2, 0.25) is 0 Å². The number of halogens is 1. The van der Waals surface area contributed by atoms with Gasteiger partial charge in [-0.25, -0.2) is 0 Å². The van der Waals surface area contributed by atoms with Gasteiger partial charge in [-0.3, -0.25) is 9.48 Å². The van der Waals surface area contributed by atoms with E-state index in [-0.39, 0.29) is 5.91 Å². The molecule has 0 aliphatic heterocycles. The van der Waals surface area contributed by atoms with Gasteiger partial charge in [0.15, 0.2) is 5.58 Å². The van der Waals surface area contributed by atoms with Gasteiger partial charge in [-0.2, -0.15) is 10.1 Å². The Kier molecular flexibility index (Phi) is 7.28. The average Bonchev–Trinajstić information content (AvgIpc) is 3.56. The van der Waals surface area contributed by atoms with Crippen molar-refractivity contribution in [2.24, 2.45) is 0 Å². The number of aryl methyl sites for hydroxylation is 1. The van der Waals surface area contributed by atoms with Crippen molar-refractivity contribution in [3.05, 3.63) is 113 Å². The van der Waals surface area contributed by atoms with Crippen LogP contribution in [0.2, 0.25) is 5.02 Å². The van der Waals surface area contributed by atoms with Gasteiger partial charge in [-0.05, 0) is 53.9 Å². The average molecular weight is 500 g/mol. The van der Waals surface area contributed by atoms with E-state index in [9.17, 15) is 4.79 Å². The van der Waals surface area contributed by atoms with Crippen molar-refractivity contribution in [1.29, 1.82) is 0 Å². The Morgan fingerprint density at radius 1 is 1.00 bits per heavy atom. The Labute approximate surface area is 214 Å². The molecule has 0 fully saturated rings. The van der Waals surface area contributed by atoms with Crippen LogP contribution in [0.25, 0.3) is 11.1 Å². The summed E-state index contributed by atoms with van der Waals surface area (Å²) in [5.41, 5.74) is 3.93. The number of anilines is 1. The molecular weight excluding hydrogens is 474 g/mol. The molecule has 1 amide bonds. The minimum Gasteiger partial charge on any atom is -0.424 e. The van der Waals surface area contributed by atoms with E-state index in [2.05, 4.69) is 15.4 Å². The minimum atomic E-state index is -0.0438. The van der Waals surface area contributed by atoms with Crippen LogP contribution in [-0.4, -0.2) is 32.1 Å². The van der Waals surface area contributed by atoms with Gasteiger partial charge in [0.25, 0.3) is 11.9 Å². The van der Waals surface area contributed by atoms with Crippen LogP contribution in [0.5, 0.6) is 0 Å². The fourth-order valence-corrected chi connectivity index (χ4v) is 4.27. The van der Waals surface area contributed by atoms with Gasteiger partial charge in [0.1, 0.15) is 5.52 Å². The molecule has 0 saturated carbocycles. The number of hydrogen-bond acceptors (Lipinski definition) is 5. The highest BCUT2D eigenvalue weighted by Gasteiger charge is 2.18. The maximum atomic E-state index is 13.6. The molecular formula is C28H26ClN5O2. The van der Waals surface area contributed by atoms with Gasteiger partial charge in [-0.1, -0.05) is 54.1 Å². The van der Waals surface area contributed by atoms with E-state index in [4.69, 9.17) is 16.0 Å². The zero-order valence-corrected chi connectivity index (χ0v) is 20.4. The summed E-state index contributed by atoms with van der Waals surface area (Å²) in [6, 6.07) is 25.3. The number of nitrogens with zero attached hydrogens (tertiary/aromatic N) is 4. The lowest BCUT2D eigenvalue weighted by molar-refractivity contribution is 0.0738. The predicted octanol–water partition coefficient (Wildman–Crippen LogP) is 6.02. The molecule has 2 heterocycles. The maximum Gasteiger partial charge on any atom is 0.295 e. The van der Waals surface area contributed by atoms with Gasteiger partial charge in [-0.15, -0.1) is 0 Å². The highest BCUT2D eigenvalue weighted by atomic mass is 35.5. The number of nitrogens with one attached hydrogen (secondary N) is 1. The van der Waals surface area contributed by atoms with E-state index >= 15 is 0 Å². The van der Waals surface area contributed by atoms with E-state index in [0.717, 1.165) is 24.1 Å². The normalized spacial score (nSPS) is 11.0. The number of fused-ring (bicyclic) bond motifs is 1. The van der Waals surface area contributed by atoms with E-state index in [1.54, 1.807) is 24.4 Å². The molecule has 0 bridgehead atoms. The SMILES string of the molecule is O=C(c1ccc2oc(NCc3cccc(Cl)c3)nc2c1)N(CCCn1cccn1)Cc1ccccc1. The van der Waals surface area contributed by atoms with Crippen LogP contribution in [0.1, 0.15) is 27.9 Å². The molecule has 0 atom stereocenters. The summed E-state index contributed by atoms with van der Waals surface area (Å²) in [6.45, 7) is 2.41. The fourth-order valence-electron chi connectivity index (χ4n) is 4.06. The molecule has 5 aromatic rings. The van der Waals surface area contributed by atoms with Gasteiger partial charge in [0, 0.05) is 49.2 Å². The first-order valence-electron chi connectivity index (χ1n) is 11.8. The summed E-state index contributed by atoms with van der Waals surface area (Å²) in [7, 11) is 0. The number of aromatic nitrogens is 3. The second-order valence-electron chi connectivity index (χ2n) is 8.52. The van der Waals surface area contributed by atoms with Crippen LogP contribution in [0, 0.1) is 0 Å². The molecule has 182 valence electrons. The lowest BCUT2D eigenvalue weighted by atomic mass is 10.1. The number of carbonyl (C=O) groups excluding carboxylic acids is 1. The lowest BCUT2D eigenvalue weighted by Gasteiger charge is -2.23. The van der Waals surface area contributed by atoms with Crippen molar-refractivity contribution in [3.8, 4) is 0 Å². The van der Waals surface area contributed by atoms with Crippen molar-refractivity contribution in [3.63, 3.8) is 0 Å². The molecule has 0 spiro atoms. The second-order valence-corrected chi connectivity index (χ2v) is 8.96. The number of amides is 1. The number of oxazole rings is 1. The Balaban J connectivity index is 1.30. The Morgan fingerprint density at radius 3 is 2.67 bits per heavy atom. The van der Waals surface area contributed by atoms with Crippen molar-refractivity contribution in [1.82, 2.24) is 19.7 Å². The maximum absolute atomic E-state index is 13.6. The molecule has 1 N–H and O–H groups in total. The van der Waals surface area contributed by atoms with Crippen LogP contribution >= 0.6 is 11.6 Å². The molecule has 0 aliphatic carbocycles. The minimum absolute atomic E-state index is 0.0438. The van der Waals surface area contributed by atoms with E-state index in [1.165, 1.54) is 0 Å². The molecule has 3 aromatic carbocycles. The monoisotopic (exact) mass is 499 g/mol. The highest BCUT2D eigenvalue weighted by Crippen LogP contribution is 2.22. The third-order valence-corrected chi connectivity index (χ3v) is 6.08. The summed E-state index contributed by atoms with van der Waals surface area (Å²) in [5, 5.41) is 8.12. The van der Waals surface area contributed by atoms with Crippen LogP contribution in [0.3, 0.4) is 0 Å². The summed E-state index contributed by atoms with van der Waals surface area (Å²) in [6.07, 6.45) is 4.49. The van der Waals surface area contributed by atoms with Gasteiger partial charge < -0.3 is 14.6 Å². The summed E-state index contributed by atoms with van der Waals surface area (Å²) in [5.74, 6) is -0.0438. The fraction of sp³-hybridized carbons (Fsp3) is 0.179. The highest BCUT2D eigenvalue weighted by molar-refractivity contribution is 6.30. The molecule has 0 aliphatic rings. The largest absolute Gasteiger partial charge is 0.424 e. The zero-order chi connectivity index (χ0) is 24.7. The van der Waals surface area contributed by atoms with Gasteiger partial charge in [0.05, 0.1) is 0 Å². The molecule has 0 radical (unpaired) electrons. The molecule has 36 heavy (non-hydrogen) atoms. The molecule has 2 aromatic heterocycles. The van der Waals surface area contributed by atoms with Crippen LogP contribution in [0.4, 0.5) is 6.01 Å². The Morgan fingerprint density at radius 2 is 1.86 bits per heavy atom. The first-order chi connectivity index (χ1) is 17.6. The van der Waals surface area contributed by atoms with Crippen molar-refractivity contribution >= 4 is 34.6 Å².